The molecule has 2 amide bonds. The minimum Gasteiger partial charge on any atom is -0.493 e. The molecule has 0 fully saturated rings. The number of benzene rings is 5. The second kappa shape index (κ2) is 27.6. The average Bonchev–Trinajstić information content (AvgIpc) is 4.04. The fourth-order valence-corrected chi connectivity index (χ4v) is 13.7. The molecule has 5 aromatic rings. The molecule has 16 nitrogen and oxygen atoms in total. The topological polar surface area (TPSA) is 175 Å². The summed E-state index contributed by atoms with van der Waals surface area (Å²) >= 11 is 0. The number of Topliss-reactive ketones (excluding diaryl/α,β-unsaturated/α-hetero) is 1. The van der Waals surface area contributed by atoms with Gasteiger partial charge in [-0.15, -0.1) is 0 Å². The van der Waals surface area contributed by atoms with E-state index in [4.69, 9.17) is 38.2 Å². The molecule has 4 heterocycles. The maximum Gasteiger partial charge on any atom is 0.307 e. The summed E-state index contributed by atoms with van der Waals surface area (Å²) in [6.07, 6.45) is 5.61. The van der Waals surface area contributed by atoms with Gasteiger partial charge in [-0.25, -0.2) is 0 Å². The Balaban J connectivity index is 0.989. The molecule has 0 aliphatic carbocycles. The van der Waals surface area contributed by atoms with Crippen molar-refractivity contribution in [3.8, 4) is 17.2 Å². The highest BCUT2D eigenvalue weighted by molar-refractivity contribution is 8.77. The summed E-state index contributed by atoms with van der Waals surface area (Å²) in [5.41, 5.74) is 10.2. The summed E-state index contributed by atoms with van der Waals surface area (Å²) in [6, 6.07) is 29.8. The van der Waals surface area contributed by atoms with Crippen LogP contribution in [0.1, 0.15) is 94.1 Å². The molecule has 18 heteroatoms. The summed E-state index contributed by atoms with van der Waals surface area (Å²) < 4.78 is 41.3. The van der Waals surface area contributed by atoms with Gasteiger partial charge in [0.15, 0.2) is 17.3 Å². The quantitative estimate of drug-likeness (QED) is 0.0339. The highest BCUT2D eigenvalue weighted by Gasteiger charge is 2.39. The van der Waals surface area contributed by atoms with Crippen LogP contribution < -0.4 is 28.9 Å². The number of carbonyl (C=O) groups is 4. The number of aryl methyl sites for hydroxylation is 2. The fraction of sp³-hybridized carbons (Fsp3) is 0.444. The number of ketones is 1. The Morgan fingerprint density at radius 2 is 1.44 bits per heavy atom. The number of anilines is 3. The molecule has 0 radical (unpaired) electrons. The number of fused-ring (bicyclic) bond motifs is 8. The van der Waals surface area contributed by atoms with E-state index in [-0.39, 0.29) is 61.7 Å². The van der Waals surface area contributed by atoms with Crippen molar-refractivity contribution in [1.82, 2.24) is 0 Å². The number of hydrogen-bond acceptors (Lipinski definition) is 15. The molecule has 430 valence electrons. The maximum atomic E-state index is 14.3. The number of carbonyl (C=O) groups excluding carboxylic acids is 3. The van der Waals surface area contributed by atoms with Gasteiger partial charge in [-0.2, -0.15) is 0 Å². The van der Waals surface area contributed by atoms with Gasteiger partial charge in [-0.05, 0) is 128 Å². The fourth-order valence-electron chi connectivity index (χ4n) is 10.9. The van der Waals surface area contributed by atoms with Crippen molar-refractivity contribution < 1.29 is 57.4 Å². The third-order valence-electron chi connectivity index (χ3n) is 14.9. The number of hydrogen-bond donors (Lipinski definition) is 1. The van der Waals surface area contributed by atoms with Crippen molar-refractivity contribution in [1.29, 1.82) is 0 Å². The van der Waals surface area contributed by atoms with Gasteiger partial charge >= 0.3 is 5.97 Å². The maximum absolute atomic E-state index is 14.3. The molecular formula is C63H74N4O12S2. The molecule has 1 N–H and O–H groups in total. The summed E-state index contributed by atoms with van der Waals surface area (Å²) in [6.45, 7) is 12.0. The Morgan fingerprint density at radius 3 is 2.16 bits per heavy atom. The van der Waals surface area contributed by atoms with Crippen LogP contribution in [0.15, 0.2) is 96.0 Å². The van der Waals surface area contributed by atoms with Crippen LogP contribution in [0.2, 0.25) is 0 Å². The predicted molar refractivity (Wildman–Crippen MR) is 319 cm³/mol. The van der Waals surface area contributed by atoms with Crippen molar-refractivity contribution in [3.63, 3.8) is 0 Å². The van der Waals surface area contributed by atoms with Crippen LogP contribution in [0.4, 0.5) is 22.7 Å². The Bertz CT molecular complexity index is 3100. The van der Waals surface area contributed by atoms with Crippen molar-refractivity contribution in [2.24, 2.45) is 10.9 Å². The standard InChI is InChI=1S/C63H74N4O12S2/c1-7-19-77-38-51(68)31-47(62(71)72)39-80-81-63(3,4)40-65(18-20-75-23-24-76-22-21-73-5)49-27-42(36-78-57-32-44-16-17-48-29-45-12-8-10-14-55(45)66(48)60(69)52(44)25-41(57)2)26-43(28-49)37-79-59-34-54-53(33-58(59)74-6)61(70)67-50(35-64-54)30-46-13-9-11-15-56(46)67/h8-15,25-28,32-35,47-48,50H,7,16-24,29-31,36-40H2,1-6H3,(H,71,72)/t47?,48-,50+/m1/s1. The molecule has 5 aromatic carbocycles. The third kappa shape index (κ3) is 14.6. The molecule has 4 aliphatic heterocycles. The molecule has 81 heavy (non-hydrogen) atoms. The van der Waals surface area contributed by atoms with Crippen molar-refractivity contribution in [2.45, 2.75) is 96.3 Å². The number of carboxylic acids is 1. The lowest BCUT2D eigenvalue weighted by atomic mass is 9.98. The van der Waals surface area contributed by atoms with Crippen LogP contribution in [-0.2, 0) is 61.0 Å². The lowest BCUT2D eigenvalue weighted by Crippen LogP contribution is -2.38. The highest BCUT2D eigenvalue weighted by atomic mass is 33.1. The van der Waals surface area contributed by atoms with Crippen LogP contribution in [0.25, 0.3) is 0 Å². The predicted octanol–water partition coefficient (Wildman–Crippen LogP) is 10.7. The number of para-hydroxylation sites is 2. The minimum atomic E-state index is -1.01. The lowest BCUT2D eigenvalue weighted by molar-refractivity contribution is -0.143. The SMILES string of the molecule is CCCOCC(=O)CC(CSSC(C)(C)CN(CCOCCOCCOC)c1cc(COc2cc3c(cc2C)C(=O)N2c4ccccc4C[C@H]2CC3)cc(COc2cc3c(cc2OC)C(=O)N2c4ccccc4C[C@H]2C=N3)c1)C(=O)O. The minimum absolute atomic E-state index is 0.0203. The van der Waals surface area contributed by atoms with Crippen molar-refractivity contribution in [2.75, 3.05) is 94.0 Å². The first-order valence-corrected chi connectivity index (χ1v) is 30.2. The normalized spacial score (nSPS) is 16.4. The van der Waals surface area contributed by atoms with Gasteiger partial charge in [-0.1, -0.05) is 64.9 Å². The monoisotopic (exact) mass is 1140 g/mol. The van der Waals surface area contributed by atoms with Crippen molar-refractivity contribution >= 4 is 74.1 Å². The highest BCUT2D eigenvalue weighted by Crippen LogP contribution is 2.43. The summed E-state index contributed by atoms with van der Waals surface area (Å²) in [4.78, 5) is 64.4. The number of ether oxygens (including phenoxy) is 7. The van der Waals surface area contributed by atoms with Crippen LogP contribution >= 0.6 is 21.6 Å². The molecule has 9 rings (SSSR count). The van der Waals surface area contributed by atoms with E-state index in [0.29, 0.717) is 93.2 Å². The van der Waals surface area contributed by atoms with E-state index in [1.807, 2.05) is 84.5 Å². The second-order valence-corrected chi connectivity index (χ2v) is 24.6. The van der Waals surface area contributed by atoms with Crippen molar-refractivity contribution in [3.05, 3.63) is 136 Å². The smallest absolute Gasteiger partial charge is 0.307 e. The van der Waals surface area contributed by atoms with Gasteiger partial charge in [0.2, 0.25) is 0 Å². The zero-order chi connectivity index (χ0) is 57.0. The number of rotatable bonds is 30. The molecule has 0 aromatic heterocycles. The Morgan fingerprint density at radius 1 is 0.765 bits per heavy atom. The number of methoxy groups -OCH3 is 2. The Labute approximate surface area is 483 Å². The zero-order valence-corrected chi connectivity index (χ0v) is 48.9. The lowest BCUT2D eigenvalue weighted by Gasteiger charge is -2.34. The van der Waals surface area contributed by atoms with E-state index in [0.717, 1.165) is 70.6 Å². The van der Waals surface area contributed by atoms with Gasteiger partial charge in [-0.3, -0.25) is 29.1 Å². The molecule has 1 unspecified atom stereocenters. The van der Waals surface area contributed by atoms with E-state index >= 15 is 0 Å². The van der Waals surface area contributed by atoms with Gasteiger partial charge in [0, 0.05) is 91.1 Å². The number of nitrogens with zero attached hydrogens (tertiary/aromatic N) is 4. The van der Waals surface area contributed by atoms with Gasteiger partial charge in [0.1, 0.15) is 25.6 Å². The van der Waals surface area contributed by atoms with Crippen LogP contribution in [0, 0.1) is 12.8 Å². The average molecular weight is 1140 g/mol. The van der Waals surface area contributed by atoms with Crippen LogP contribution in [0.3, 0.4) is 0 Å². The molecule has 0 saturated carbocycles. The number of amides is 2. The largest absolute Gasteiger partial charge is 0.493 e. The Hall–Kier alpha value is -6.41. The molecule has 4 aliphatic rings. The summed E-state index contributed by atoms with van der Waals surface area (Å²) in [7, 11) is 6.21. The summed E-state index contributed by atoms with van der Waals surface area (Å²) in [5, 5.41) is 10.1. The molecule has 0 saturated heterocycles. The molecule has 0 spiro atoms. The third-order valence-corrected chi connectivity index (χ3v) is 18.2. The Kier molecular flexibility index (Phi) is 20.2. The second-order valence-electron chi connectivity index (χ2n) is 21.5. The molecular weight excluding hydrogens is 1070 g/mol. The first kappa shape index (κ1) is 59.2. The van der Waals surface area contributed by atoms with E-state index in [1.54, 1.807) is 37.1 Å². The van der Waals surface area contributed by atoms with Crippen LogP contribution in [0.5, 0.6) is 17.2 Å². The zero-order valence-electron chi connectivity index (χ0n) is 47.2. The van der Waals surface area contributed by atoms with Gasteiger partial charge in [0.05, 0.1) is 63.4 Å². The van der Waals surface area contributed by atoms with Gasteiger partial charge in [0.25, 0.3) is 11.8 Å². The number of carboxylic acid groups (broad SMARTS) is 1. The van der Waals surface area contributed by atoms with E-state index in [9.17, 15) is 24.3 Å². The number of aliphatic imine (C=N–C) groups is 1. The van der Waals surface area contributed by atoms with E-state index in [1.165, 1.54) is 16.4 Å². The van der Waals surface area contributed by atoms with E-state index < -0.39 is 16.6 Å². The van der Waals surface area contributed by atoms with Crippen LogP contribution in [-0.4, -0.2) is 131 Å². The number of aliphatic carboxylic acids is 1. The molecule has 3 atom stereocenters. The van der Waals surface area contributed by atoms with E-state index in [2.05, 4.69) is 43.0 Å². The first-order chi connectivity index (χ1) is 39.2. The summed E-state index contributed by atoms with van der Waals surface area (Å²) in [5.74, 6) is -0.478. The first-order valence-electron chi connectivity index (χ1n) is 27.9. The molecule has 0 bridgehead atoms. The van der Waals surface area contributed by atoms with Gasteiger partial charge < -0.3 is 48.1 Å².